The van der Waals surface area contributed by atoms with Crippen LogP contribution >= 0.6 is 0 Å². The summed E-state index contributed by atoms with van der Waals surface area (Å²) < 4.78 is 314. The maximum Gasteiger partial charge on any atom is 0.416 e. The molecule has 8 rings (SSSR count). The molecule has 0 saturated heterocycles. The molecule has 0 spiro atoms. The molecule has 0 fully saturated rings. The fourth-order valence-corrected chi connectivity index (χ4v) is 10.7. The SMILES string of the molecule is CCN1C(=CC=Cc2n(CCCS(=O)(=O)[O-])c3cc(C(F)(F)F)ccc3[n+]2C)N(CC(F)(F)F)c2cc(C(F)(F)F)ccc21.CN1C(=CC=Cc2n(CS(=O)(=O)[O-])c3cc(C(F)(F)F)ccc3[n+]2C)N(CC(F)(F)F)c2cc(C(F)(F)F)ccc21. The van der Waals surface area contributed by atoms with Crippen molar-refractivity contribution < 1.29 is 114 Å². The first-order valence-corrected chi connectivity index (χ1v) is 27.5. The summed E-state index contributed by atoms with van der Waals surface area (Å²) in [4.78, 5) is 3.90. The van der Waals surface area contributed by atoms with Crippen molar-refractivity contribution in [3.63, 3.8) is 0 Å². The van der Waals surface area contributed by atoms with Gasteiger partial charge in [-0.1, -0.05) is 12.2 Å². The van der Waals surface area contributed by atoms with Crippen LogP contribution in [0.1, 0.15) is 47.2 Å². The minimum absolute atomic E-state index is 0.0405. The first-order valence-electron chi connectivity index (χ1n) is 24.3. The number of alkyl halides is 18. The van der Waals surface area contributed by atoms with E-state index in [2.05, 4.69) is 0 Å². The van der Waals surface area contributed by atoms with Crippen LogP contribution in [-0.2, 0) is 71.5 Å². The lowest BCUT2D eigenvalue weighted by molar-refractivity contribution is -0.647. The Hall–Kier alpha value is -7.46. The van der Waals surface area contributed by atoms with E-state index >= 15 is 0 Å². The van der Waals surface area contributed by atoms with E-state index in [-0.39, 0.29) is 82.1 Å². The highest BCUT2D eigenvalue weighted by atomic mass is 32.2. The summed E-state index contributed by atoms with van der Waals surface area (Å²) in [6, 6.07) is 10.2. The van der Waals surface area contributed by atoms with E-state index < -0.39 is 104 Å². The molecule has 6 aromatic rings. The molecule has 2 aromatic heterocycles. The molecule has 462 valence electrons. The van der Waals surface area contributed by atoms with E-state index in [1.165, 1.54) is 68.9 Å². The Balaban J connectivity index is 0.000000244. The van der Waals surface area contributed by atoms with E-state index in [9.17, 15) is 105 Å². The fourth-order valence-electron chi connectivity index (χ4n) is 9.60. The van der Waals surface area contributed by atoms with E-state index in [0.717, 1.165) is 71.3 Å². The summed E-state index contributed by atoms with van der Waals surface area (Å²) in [5.74, 6) is -2.24. The van der Waals surface area contributed by atoms with Crippen molar-refractivity contribution in [2.24, 2.45) is 14.1 Å². The molecule has 0 unspecified atom stereocenters. The monoisotopic (exact) mass is 1270 g/mol. The number of allylic oxidation sites excluding steroid dienone is 4. The molecular formula is C51H44F18N8O6S2. The van der Waals surface area contributed by atoms with E-state index in [0.29, 0.717) is 33.5 Å². The smallest absolute Gasteiger partial charge is 0.416 e. The van der Waals surface area contributed by atoms with Gasteiger partial charge in [0.05, 0.1) is 75.8 Å². The molecule has 4 heterocycles. The molecule has 4 aromatic carbocycles. The summed E-state index contributed by atoms with van der Waals surface area (Å²) in [5, 5.41) is 0. The van der Waals surface area contributed by atoms with Crippen LogP contribution in [0.15, 0.2) is 109 Å². The first kappa shape index (κ1) is 65.1. The Kier molecular flexibility index (Phi) is 17.7. The number of hydrogen-bond donors (Lipinski definition) is 0. The van der Waals surface area contributed by atoms with E-state index in [1.807, 2.05) is 0 Å². The third-order valence-electron chi connectivity index (χ3n) is 13.2. The normalized spacial score (nSPS) is 15.9. The average Bonchev–Trinajstić information content (AvgIpc) is 1.77. The fraction of sp³-hybridized carbons (Fsp3) is 0.333. The van der Waals surface area contributed by atoms with Gasteiger partial charge in [-0.3, -0.25) is 0 Å². The highest BCUT2D eigenvalue weighted by molar-refractivity contribution is 7.85. The van der Waals surface area contributed by atoms with Crippen molar-refractivity contribution in [2.75, 3.05) is 52.0 Å². The largest absolute Gasteiger partial charge is 0.748 e. The van der Waals surface area contributed by atoms with Gasteiger partial charge in [-0.05, 0) is 86.2 Å². The molecule has 2 aliphatic rings. The number of anilines is 4. The Bertz CT molecular complexity index is 3890. The molecule has 0 saturated carbocycles. The highest BCUT2D eigenvalue weighted by Crippen LogP contribution is 2.47. The molecule has 0 aliphatic carbocycles. The summed E-state index contributed by atoms with van der Waals surface area (Å²) in [5.41, 5.74) is -4.70. The molecule has 0 N–H and O–H groups in total. The van der Waals surface area contributed by atoms with E-state index in [4.69, 9.17) is 0 Å². The number of rotatable bonds is 13. The highest BCUT2D eigenvalue weighted by Gasteiger charge is 2.43. The molecule has 14 nitrogen and oxygen atoms in total. The molecule has 0 radical (unpaired) electrons. The average molecular weight is 1270 g/mol. The molecule has 34 heteroatoms. The predicted molar refractivity (Wildman–Crippen MR) is 270 cm³/mol. The number of nitrogens with zero attached hydrogens (tertiary/aromatic N) is 8. The topological polar surface area (TPSA) is 145 Å². The second-order valence-corrected chi connectivity index (χ2v) is 21.9. The Labute approximate surface area is 470 Å². The van der Waals surface area contributed by atoms with Gasteiger partial charge in [0.15, 0.2) is 27.9 Å². The van der Waals surface area contributed by atoms with Gasteiger partial charge in [0.2, 0.25) is 0 Å². The van der Waals surface area contributed by atoms with Gasteiger partial charge in [0.25, 0.3) is 11.6 Å². The van der Waals surface area contributed by atoms with Crippen LogP contribution in [0.4, 0.5) is 102 Å². The number of benzene rings is 4. The van der Waals surface area contributed by atoms with Crippen molar-refractivity contribution in [1.29, 1.82) is 0 Å². The Morgan fingerprint density at radius 3 is 1.31 bits per heavy atom. The zero-order valence-electron chi connectivity index (χ0n) is 44.0. The van der Waals surface area contributed by atoms with Crippen LogP contribution in [0.2, 0.25) is 0 Å². The maximum atomic E-state index is 13.6. The number of halogens is 18. The quantitative estimate of drug-likeness (QED) is 0.0622. The van der Waals surface area contributed by atoms with Gasteiger partial charge in [-0.25, -0.2) is 35.1 Å². The number of hydrogen-bond acceptors (Lipinski definition) is 10. The summed E-state index contributed by atoms with van der Waals surface area (Å²) >= 11 is 0. The first-order chi connectivity index (χ1) is 38.9. The lowest BCUT2D eigenvalue weighted by Gasteiger charge is -2.25. The third-order valence-corrected chi connectivity index (χ3v) is 14.6. The van der Waals surface area contributed by atoms with Crippen molar-refractivity contribution in [3.05, 3.63) is 143 Å². The molecule has 85 heavy (non-hydrogen) atoms. The molecule has 0 amide bonds. The van der Waals surface area contributed by atoms with Gasteiger partial charge in [0.1, 0.15) is 34.8 Å². The number of imidazole rings is 2. The number of aryl methyl sites for hydroxylation is 3. The maximum absolute atomic E-state index is 13.6. The van der Waals surface area contributed by atoms with Crippen molar-refractivity contribution in [3.8, 4) is 0 Å². The minimum Gasteiger partial charge on any atom is -0.748 e. The van der Waals surface area contributed by atoms with Crippen LogP contribution in [-0.4, -0.2) is 79.9 Å². The molecule has 0 bridgehead atoms. The van der Waals surface area contributed by atoms with Gasteiger partial charge in [-0.15, -0.1) is 0 Å². The van der Waals surface area contributed by atoms with Crippen molar-refractivity contribution in [2.45, 2.75) is 62.8 Å². The van der Waals surface area contributed by atoms with E-state index in [1.54, 1.807) is 6.92 Å². The zero-order valence-corrected chi connectivity index (χ0v) is 45.6. The second kappa shape index (κ2) is 23.1. The second-order valence-electron chi connectivity index (χ2n) is 19.0. The van der Waals surface area contributed by atoms with Crippen LogP contribution in [0.25, 0.3) is 34.2 Å². The standard InChI is InChI=1S/C27H25F9N4O3S.C24H19F9N4O3S/c1-3-38-20-11-9-18(27(34,35)36)15-22(20)40(16-25(28,29)30)24(38)7-4-6-23-37(2)19-10-8-17(26(31,32)33)14-21(19)39(23)12-5-13-44(41,42)43;1-34-16-8-6-14(23(28,29)30)10-18(16)36(12-22(25,26)27)20(34)4-3-5-21-35(2)17-9-7-15(24(31,32)33)11-19(17)37(21)13-41(38,39)40/h4,6-11,14-15H,3,5,12-13,16H2,1-2H3;3-11H,12-13H2,1-2H3. The number of fused-ring (bicyclic) bond motifs is 4. The van der Waals surface area contributed by atoms with Crippen LogP contribution in [0.5, 0.6) is 0 Å². The van der Waals surface area contributed by atoms with Gasteiger partial charge >= 0.3 is 37.1 Å². The van der Waals surface area contributed by atoms with Crippen molar-refractivity contribution in [1.82, 2.24) is 9.13 Å². The molecule has 0 atom stereocenters. The molecule has 2 aliphatic heterocycles. The summed E-state index contributed by atoms with van der Waals surface area (Å²) in [6.07, 6.45) is -21.7. The van der Waals surface area contributed by atoms with Crippen LogP contribution < -0.4 is 28.7 Å². The van der Waals surface area contributed by atoms with Crippen LogP contribution in [0, 0.1) is 0 Å². The lowest BCUT2D eigenvalue weighted by Crippen LogP contribution is -2.35. The molecular weight excluding hydrogens is 1230 g/mol. The van der Waals surface area contributed by atoms with Crippen LogP contribution in [0.3, 0.4) is 0 Å². The van der Waals surface area contributed by atoms with Gasteiger partial charge < -0.3 is 28.7 Å². The van der Waals surface area contributed by atoms with Gasteiger partial charge in [0, 0.05) is 43.6 Å². The lowest BCUT2D eigenvalue weighted by atomic mass is 10.1. The summed E-state index contributed by atoms with van der Waals surface area (Å²) in [6.45, 7) is -1.76. The zero-order chi connectivity index (χ0) is 63.5. The van der Waals surface area contributed by atoms with Crippen molar-refractivity contribution >= 4 is 77.2 Å². The predicted octanol–water partition coefficient (Wildman–Crippen LogP) is 11.6. The van der Waals surface area contributed by atoms with Gasteiger partial charge in [-0.2, -0.15) is 79.0 Å². The minimum atomic E-state index is -5.02. The number of aromatic nitrogens is 4. The Morgan fingerprint density at radius 2 is 0.882 bits per heavy atom. The third kappa shape index (κ3) is 15.0. The Morgan fingerprint density at radius 1 is 0.494 bits per heavy atom. The summed E-state index contributed by atoms with van der Waals surface area (Å²) in [7, 11) is -5.47.